The lowest BCUT2D eigenvalue weighted by molar-refractivity contribution is 0.292. The molecule has 2 aromatic heterocycles. The minimum absolute atomic E-state index is 0.00796. The summed E-state index contributed by atoms with van der Waals surface area (Å²) < 4.78 is 2.24. The molecule has 0 aliphatic rings. The normalized spacial score (nSPS) is 14.0. The second-order valence-corrected chi connectivity index (χ2v) is 6.08. The second-order valence-electron chi connectivity index (χ2n) is 5.43. The number of aryl methyl sites for hydroxylation is 1. The van der Waals surface area contributed by atoms with Gasteiger partial charge in [-0.3, -0.25) is 0 Å². The van der Waals surface area contributed by atoms with E-state index in [1.165, 1.54) is 0 Å². The standard InChI is InChI=1S/C15H22ClN3/c1-6-15(5,7-2)19-13(11(4)16)18-12-10(3)8-9-17-14(12)19/h8-9,11H,6-7H2,1-5H3. The van der Waals surface area contributed by atoms with Gasteiger partial charge in [-0.15, -0.1) is 11.6 Å². The number of nitrogens with zero attached hydrogens (tertiary/aromatic N) is 3. The number of hydrogen-bond acceptors (Lipinski definition) is 2. The molecule has 2 heterocycles. The molecular weight excluding hydrogens is 258 g/mol. The maximum absolute atomic E-state index is 6.34. The van der Waals surface area contributed by atoms with Crippen LogP contribution in [-0.4, -0.2) is 14.5 Å². The zero-order valence-electron chi connectivity index (χ0n) is 12.4. The highest BCUT2D eigenvalue weighted by Crippen LogP contribution is 2.34. The fourth-order valence-electron chi connectivity index (χ4n) is 2.48. The maximum Gasteiger partial charge on any atom is 0.160 e. The van der Waals surface area contributed by atoms with Crippen molar-refractivity contribution in [2.75, 3.05) is 0 Å². The lowest BCUT2D eigenvalue weighted by Gasteiger charge is -2.31. The van der Waals surface area contributed by atoms with Crippen molar-refractivity contribution in [3.63, 3.8) is 0 Å². The monoisotopic (exact) mass is 279 g/mol. The zero-order valence-corrected chi connectivity index (χ0v) is 13.1. The molecule has 19 heavy (non-hydrogen) atoms. The van der Waals surface area contributed by atoms with Crippen molar-refractivity contribution in [2.24, 2.45) is 0 Å². The quantitative estimate of drug-likeness (QED) is 0.767. The first-order valence-corrected chi connectivity index (χ1v) is 7.36. The predicted octanol–water partition coefficient (Wildman–Crippen LogP) is 4.57. The largest absolute Gasteiger partial charge is 0.306 e. The van der Waals surface area contributed by atoms with Gasteiger partial charge in [-0.05, 0) is 45.2 Å². The summed E-state index contributed by atoms with van der Waals surface area (Å²) in [7, 11) is 0. The van der Waals surface area contributed by atoms with Crippen LogP contribution >= 0.6 is 11.6 Å². The molecule has 0 radical (unpaired) electrons. The van der Waals surface area contributed by atoms with Crippen LogP contribution in [0, 0.1) is 6.92 Å². The SMILES string of the molecule is CCC(C)(CC)n1c(C(C)Cl)nc2c(C)ccnc21. The van der Waals surface area contributed by atoms with Crippen molar-refractivity contribution in [2.45, 2.75) is 58.4 Å². The summed E-state index contributed by atoms with van der Waals surface area (Å²) in [5.41, 5.74) is 3.08. The Morgan fingerprint density at radius 1 is 1.37 bits per heavy atom. The van der Waals surface area contributed by atoms with E-state index in [9.17, 15) is 0 Å². The molecule has 3 nitrogen and oxygen atoms in total. The van der Waals surface area contributed by atoms with Crippen molar-refractivity contribution in [1.29, 1.82) is 0 Å². The van der Waals surface area contributed by atoms with Gasteiger partial charge >= 0.3 is 0 Å². The maximum atomic E-state index is 6.34. The molecule has 1 atom stereocenters. The van der Waals surface area contributed by atoms with Gasteiger partial charge in [0.1, 0.15) is 11.3 Å². The van der Waals surface area contributed by atoms with E-state index in [1.807, 2.05) is 19.2 Å². The van der Waals surface area contributed by atoms with Gasteiger partial charge in [-0.2, -0.15) is 0 Å². The van der Waals surface area contributed by atoms with Crippen molar-refractivity contribution < 1.29 is 0 Å². The van der Waals surface area contributed by atoms with Crippen molar-refractivity contribution in [3.05, 3.63) is 23.7 Å². The molecular formula is C15H22ClN3. The molecule has 0 bridgehead atoms. The second kappa shape index (κ2) is 5.12. The number of halogens is 1. The molecule has 0 aliphatic heterocycles. The van der Waals surface area contributed by atoms with Crippen LogP contribution in [0.5, 0.6) is 0 Å². The van der Waals surface area contributed by atoms with Gasteiger partial charge in [0, 0.05) is 11.7 Å². The Kier molecular flexibility index (Phi) is 3.86. The number of hydrogen-bond donors (Lipinski definition) is 0. The highest BCUT2D eigenvalue weighted by Gasteiger charge is 2.29. The van der Waals surface area contributed by atoms with Gasteiger partial charge in [0.15, 0.2) is 5.65 Å². The van der Waals surface area contributed by atoms with Crippen LogP contribution in [0.25, 0.3) is 11.2 Å². The molecule has 0 aromatic carbocycles. The average Bonchev–Trinajstić information content (AvgIpc) is 2.79. The fraction of sp³-hybridized carbons (Fsp3) is 0.600. The predicted molar refractivity (Wildman–Crippen MR) is 80.8 cm³/mol. The number of fused-ring (bicyclic) bond motifs is 1. The van der Waals surface area contributed by atoms with E-state index in [0.29, 0.717) is 0 Å². The van der Waals surface area contributed by atoms with E-state index in [0.717, 1.165) is 35.4 Å². The van der Waals surface area contributed by atoms with Gasteiger partial charge in [0.05, 0.1) is 5.38 Å². The summed E-state index contributed by atoms with van der Waals surface area (Å²) in [6.45, 7) is 10.7. The van der Waals surface area contributed by atoms with Gasteiger partial charge in [-0.25, -0.2) is 9.97 Å². The van der Waals surface area contributed by atoms with Crippen LogP contribution < -0.4 is 0 Å². The van der Waals surface area contributed by atoms with E-state index in [2.05, 4.69) is 37.2 Å². The number of pyridine rings is 1. The number of aromatic nitrogens is 3. The number of alkyl halides is 1. The van der Waals surface area contributed by atoms with Crippen LogP contribution in [0.2, 0.25) is 0 Å². The molecule has 2 aromatic rings. The Morgan fingerprint density at radius 2 is 2.00 bits per heavy atom. The highest BCUT2D eigenvalue weighted by molar-refractivity contribution is 6.20. The van der Waals surface area contributed by atoms with Crippen LogP contribution in [0.4, 0.5) is 0 Å². The van der Waals surface area contributed by atoms with Gasteiger partial charge < -0.3 is 4.57 Å². The minimum Gasteiger partial charge on any atom is -0.306 e. The van der Waals surface area contributed by atoms with E-state index in [-0.39, 0.29) is 10.9 Å². The van der Waals surface area contributed by atoms with Crippen LogP contribution in [0.3, 0.4) is 0 Å². The molecule has 0 N–H and O–H groups in total. The van der Waals surface area contributed by atoms with Gasteiger partial charge in [0.2, 0.25) is 0 Å². The summed E-state index contributed by atoms with van der Waals surface area (Å²) in [6, 6.07) is 2.00. The molecule has 0 fully saturated rings. The lowest BCUT2D eigenvalue weighted by Crippen LogP contribution is -2.30. The molecule has 0 amide bonds. The van der Waals surface area contributed by atoms with E-state index >= 15 is 0 Å². The molecule has 0 saturated carbocycles. The summed E-state index contributed by atoms with van der Waals surface area (Å²) in [5, 5.41) is -0.119. The Balaban J connectivity index is 2.83. The number of imidazole rings is 1. The summed E-state index contributed by atoms with van der Waals surface area (Å²) in [4.78, 5) is 9.29. The highest BCUT2D eigenvalue weighted by atomic mass is 35.5. The van der Waals surface area contributed by atoms with E-state index < -0.39 is 0 Å². The van der Waals surface area contributed by atoms with Gasteiger partial charge in [0.25, 0.3) is 0 Å². The first-order chi connectivity index (χ1) is 8.94. The molecule has 2 rings (SSSR count). The average molecular weight is 280 g/mol. The van der Waals surface area contributed by atoms with Crippen molar-refractivity contribution in [1.82, 2.24) is 14.5 Å². The fourth-order valence-corrected chi connectivity index (χ4v) is 2.62. The van der Waals surface area contributed by atoms with Crippen LogP contribution in [0.15, 0.2) is 12.3 Å². The Labute approximate surface area is 120 Å². The minimum atomic E-state index is -0.119. The molecule has 0 aliphatic carbocycles. The lowest BCUT2D eigenvalue weighted by atomic mass is 9.94. The third-order valence-corrected chi connectivity index (χ3v) is 4.39. The molecule has 0 saturated heterocycles. The zero-order chi connectivity index (χ0) is 14.2. The number of rotatable bonds is 4. The van der Waals surface area contributed by atoms with Crippen LogP contribution in [0.1, 0.15) is 57.3 Å². The Morgan fingerprint density at radius 3 is 2.53 bits per heavy atom. The summed E-state index contributed by atoms with van der Waals surface area (Å²) >= 11 is 6.34. The van der Waals surface area contributed by atoms with E-state index in [4.69, 9.17) is 16.6 Å². The molecule has 4 heteroatoms. The molecule has 0 spiro atoms. The van der Waals surface area contributed by atoms with E-state index in [1.54, 1.807) is 0 Å². The smallest absolute Gasteiger partial charge is 0.160 e. The molecule has 104 valence electrons. The Bertz CT molecular complexity index is 582. The molecule has 1 unspecified atom stereocenters. The summed E-state index contributed by atoms with van der Waals surface area (Å²) in [6.07, 6.45) is 3.91. The van der Waals surface area contributed by atoms with Crippen LogP contribution in [-0.2, 0) is 5.54 Å². The summed E-state index contributed by atoms with van der Waals surface area (Å²) in [5.74, 6) is 0.921. The Hall–Kier alpha value is -1.09. The third kappa shape index (κ3) is 2.25. The first-order valence-electron chi connectivity index (χ1n) is 6.93. The van der Waals surface area contributed by atoms with Gasteiger partial charge in [-0.1, -0.05) is 13.8 Å². The van der Waals surface area contributed by atoms with Crippen molar-refractivity contribution >= 4 is 22.8 Å². The first kappa shape index (κ1) is 14.3. The third-order valence-electron chi connectivity index (χ3n) is 4.19. The topological polar surface area (TPSA) is 30.7 Å². The van der Waals surface area contributed by atoms with Crippen molar-refractivity contribution in [3.8, 4) is 0 Å².